The number of hydrogen-bond acceptors (Lipinski definition) is 2. The minimum atomic E-state index is -4.36. The lowest BCUT2D eigenvalue weighted by Gasteiger charge is -2.16. The van der Waals surface area contributed by atoms with Crippen LogP contribution in [0.15, 0.2) is 18.3 Å². The molecule has 0 spiro atoms. The zero-order chi connectivity index (χ0) is 12.9. The van der Waals surface area contributed by atoms with E-state index >= 15 is 0 Å². The largest absolute Gasteiger partial charge is 0.419 e. The van der Waals surface area contributed by atoms with Crippen molar-refractivity contribution < 1.29 is 13.2 Å². The molecule has 0 amide bonds. The van der Waals surface area contributed by atoms with Crippen molar-refractivity contribution in [2.24, 2.45) is 5.92 Å². The van der Waals surface area contributed by atoms with Gasteiger partial charge in [0.05, 0.1) is 5.56 Å². The second-order valence-corrected chi connectivity index (χ2v) is 3.96. The van der Waals surface area contributed by atoms with Crippen LogP contribution in [0.4, 0.5) is 19.0 Å². The zero-order valence-electron chi connectivity index (χ0n) is 10.0. The van der Waals surface area contributed by atoms with Crippen molar-refractivity contribution in [2.75, 3.05) is 11.9 Å². The van der Waals surface area contributed by atoms with Gasteiger partial charge in [0, 0.05) is 12.7 Å². The predicted molar refractivity (Wildman–Crippen MR) is 61.8 cm³/mol. The molecule has 1 N–H and O–H groups in total. The summed E-state index contributed by atoms with van der Waals surface area (Å²) in [5.41, 5.74) is -0.703. The Morgan fingerprint density at radius 3 is 2.47 bits per heavy atom. The van der Waals surface area contributed by atoms with E-state index < -0.39 is 11.7 Å². The monoisotopic (exact) mass is 246 g/mol. The number of aromatic nitrogens is 1. The van der Waals surface area contributed by atoms with Gasteiger partial charge in [0.25, 0.3) is 0 Å². The van der Waals surface area contributed by atoms with Crippen molar-refractivity contribution in [1.29, 1.82) is 0 Å². The highest BCUT2D eigenvalue weighted by Crippen LogP contribution is 2.33. The highest BCUT2D eigenvalue weighted by Gasteiger charge is 2.34. The molecule has 5 heteroatoms. The third-order valence-corrected chi connectivity index (χ3v) is 2.83. The highest BCUT2D eigenvalue weighted by atomic mass is 19.4. The molecule has 96 valence electrons. The molecule has 2 nitrogen and oxygen atoms in total. The Morgan fingerprint density at radius 2 is 1.94 bits per heavy atom. The van der Waals surface area contributed by atoms with E-state index in [0.717, 1.165) is 18.9 Å². The minimum Gasteiger partial charge on any atom is -0.369 e. The van der Waals surface area contributed by atoms with Gasteiger partial charge in [0.1, 0.15) is 5.82 Å². The second-order valence-electron chi connectivity index (χ2n) is 3.96. The first kappa shape index (κ1) is 13.8. The van der Waals surface area contributed by atoms with Crippen molar-refractivity contribution in [2.45, 2.75) is 32.9 Å². The minimum absolute atomic E-state index is 0.0769. The summed E-state index contributed by atoms with van der Waals surface area (Å²) in [4.78, 5) is 3.75. The Hall–Kier alpha value is -1.26. The maximum absolute atomic E-state index is 12.7. The normalized spacial score (nSPS) is 11.9. The molecule has 0 radical (unpaired) electrons. The van der Waals surface area contributed by atoms with Crippen molar-refractivity contribution in [3.05, 3.63) is 23.9 Å². The first-order chi connectivity index (χ1) is 7.99. The number of nitrogens with zero attached hydrogens (tertiary/aromatic N) is 1. The quantitative estimate of drug-likeness (QED) is 0.850. The van der Waals surface area contributed by atoms with E-state index in [0.29, 0.717) is 12.5 Å². The van der Waals surface area contributed by atoms with Crippen LogP contribution in [0.1, 0.15) is 32.3 Å². The van der Waals surface area contributed by atoms with Gasteiger partial charge in [-0.25, -0.2) is 4.98 Å². The van der Waals surface area contributed by atoms with E-state index in [9.17, 15) is 13.2 Å². The molecule has 1 heterocycles. The van der Waals surface area contributed by atoms with E-state index in [1.807, 2.05) is 13.8 Å². The van der Waals surface area contributed by atoms with E-state index in [1.165, 1.54) is 12.3 Å². The van der Waals surface area contributed by atoms with Crippen molar-refractivity contribution in [3.8, 4) is 0 Å². The highest BCUT2D eigenvalue weighted by molar-refractivity contribution is 5.45. The van der Waals surface area contributed by atoms with Crippen LogP contribution < -0.4 is 5.32 Å². The van der Waals surface area contributed by atoms with Gasteiger partial charge >= 0.3 is 6.18 Å². The fourth-order valence-corrected chi connectivity index (χ4v) is 1.59. The first-order valence-electron chi connectivity index (χ1n) is 5.75. The molecule has 1 rings (SSSR count). The summed E-state index contributed by atoms with van der Waals surface area (Å²) >= 11 is 0. The topological polar surface area (TPSA) is 24.9 Å². The average molecular weight is 246 g/mol. The molecule has 0 fully saturated rings. The molecule has 0 bridgehead atoms. The van der Waals surface area contributed by atoms with Crippen molar-refractivity contribution in [1.82, 2.24) is 4.98 Å². The fourth-order valence-electron chi connectivity index (χ4n) is 1.59. The SMILES string of the molecule is CCC(CC)CNc1ncccc1C(F)(F)F. The van der Waals surface area contributed by atoms with Crippen LogP contribution in [0.25, 0.3) is 0 Å². The molecular formula is C12H17F3N2. The number of hydrogen-bond donors (Lipinski definition) is 1. The lowest BCUT2D eigenvalue weighted by atomic mass is 10.0. The summed E-state index contributed by atoms with van der Waals surface area (Å²) in [6.07, 6.45) is -1.11. The molecule has 0 aliphatic heterocycles. The Kier molecular flexibility index (Phi) is 4.78. The van der Waals surface area contributed by atoms with Gasteiger partial charge in [0.2, 0.25) is 0 Å². The number of anilines is 1. The lowest BCUT2D eigenvalue weighted by molar-refractivity contribution is -0.137. The summed E-state index contributed by atoms with van der Waals surface area (Å²) in [6, 6.07) is 2.34. The molecule has 0 saturated heterocycles. The van der Waals surface area contributed by atoms with Crippen LogP contribution in [0.2, 0.25) is 0 Å². The molecule has 17 heavy (non-hydrogen) atoms. The van der Waals surface area contributed by atoms with Gasteiger partial charge in [-0.15, -0.1) is 0 Å². The summed E-state index contributed by atoms with van der Waals surface area (Å²) in [5, 5.41) is 2.79. The second kappa shape index (κ2) is 5.89. The average Bonchev–Trinajstić information content (AvgIpc) is 2.29. The van der Waals surface area contributed by atoms with Gasteiger partial charge in [-0.3, -0.25) is 0 Å². The molecule has 0 atom stereocenters. The van der Waals surface area contributed by atoms with Gasteiger partial charge in [-0.1, -0.05) is 26.7 Å². The number of halogens is 3. The van der Waals surface area contributed by atoms with Crippen LogP contribution >= 0.6 is 0 Å². The third-order valence-electron chi connectivity index (χ3n) is 2.83. The summed E-state index contributed by atoms with van der Waals surface area (Å²) in [5.74, 6) is 0.296. The van der Waals surface area contributed by atoms with Crippen LogP contribution in [0, 0.1) is 5.92 Å². The number of rotatable bonds is 5. The van der Waals surface area contributed by atoms with Gasteiger partial charge in [-0.2, -0.15) is 13.2 Å². The fraction of sp³-hybridized carbons (Fsp3) is 0.583. The van der Waals surface area contributed by atoms with E-state index in [4.69, 9.17) is 0 Å². The van der Waals surface area contributed by atoms with Crippen LogP contribution in [0.5, 0.6) is 0 Å². The number of pyridine rings is 1. The molecule has 0 aliphatic carbocycles. The summed E-state index contributed by atoms with van der Waals surface area (Å²) in [7, 11) is 0. The Morgan fingerprint density at radius 1 is 1.29 bits per heavy atom. The van der Waals surface area contributed by atoms with Crippen molar-refractivity contribution >= 4 is 5.82 Å². The molecule has 1 aromatic rings. The molecule has 0 aliphatic rings. The third kappa shape index (κ3) is 3.91. The zero-order valence-corrected chi connectivity index (χ0v) is 10.0. The maximum atomic E-state index is 12.7. The van der Waals surface area contributed by atoms with Crippen LogP contribution in [-0.4, -0.2) is 11.5 Å². The molecule has 0 saturated carbocycles. The summed E-state index contributed by atoms with van der Waals surface area (Å²) < 4.78 is 38.0. The van der Waals surface area contributed by atoms with Gasteiger partial charge in [0.15, 0.2) is 0 Å². The van der Waals surface area contributed by atoms with E-state index in [2.05, 4.69) is 10.3 Å². The number of nitrogens with one attached hydrogen (secondary N) is 1. The summed E-state index contributed by atoms with van der Waals surface area (Å²) in [6.45, 7) is 4.57. The van der Waals surface area contributed by atoms with E-state index in [1.54, 1.807) is 0 Å². The first-order valence-corrected chi connectivity index (χ1v) is 5.75. The molecule has 0 aromatic carbocycles. The van der Waals surface area contributed by atoms with E-state index in [-0.39, 0.29) is 5.82 Å². The van der Waals surface area contributed by atoms with Gasteiger partial charge in [-0.05, 0) is 18.1 Å². The lowest BCUT2D eigenvalue weighted by Crippen LogP contribution is -2.17. The smallest absolute Gasteiger partial charge is 0.369 e. The Labute approximate surface area is 99.3 Å². The molecule has 1 aromatic heterocycles. The van der Waals surface area contributed by atoms with Gasteiger partial charge < -0.3 is 5.32 Å². The van der Waals surface area contributed by atoms with Crippen LogP contribution in [0.3, 0.4) is 0 Å². The molecular weight excluding hydrogens is 229 g/mol. The van der Waals surface area contributed by atoms with Crippen molar-refractivity contribution in [3.63, 3.8) is 0 Å². The maximum Gasteiger partial charge on any atom is 0.419 e. The molecule has 0 unspecified atom stereocenters. The Balaban J connectivity index is 2.77. The number of alkyl halides is 3. The predicted octanol–water partition coefficient (Wildman–Crippen LogP) is 3.95. The standard InChI is InChI=1S/C12H17F3N2/c1-3-9(4-2)8-17-11-10(12(13,14)15)6-5-7-16-11/h5-7,9H,3-4,8H2,1-2H3,(H,16,17). The van der Waals surface area contributed by atoms with Crippen LogP contribution in [-0.2, 0) is 6.18 Å². The Bertz CT molecular complexity index is 346.